The highest BCUT2D eigenvalue weighted by Crippen LogP contribution is 2.30. The predicted octanol–water partition coefficient (Wildman–Crippen LogP) is 2.47. The molecule has 74 valence electrons. The highest BCUT2D eigenvalue weighted by Gasteiger charge is 2.20. The second kappa shape index (κ2) is 3.76. The van der Waals surface area contributed by atoms with Crippen LogP contribution in [0.25, 0.3) is 0 Å². The molecule has 0 bridgehead atoms. The van der Waals surface area contributed by atoms with Gasteiger partial charge in [0.2, 0.25) is 0 Å². The maximum atomic E-state index is 4.52. The van der Waals surface area contributed by atoms with Gasteiger partial charge in [0, 0.05) is 11.4 Å². The molecule has 1 aromatic heterocycles. The van der Waals surface area contributed by atoms with Crippen LogP contribution in [-0.2, 0) is 12.0 Å². The summed E-state index contributed by atoms with van der Waals surface area (Å²) in [5, 5.41) is 4.31. The molecule has 0 aliphatic rings. The molecule has 1 aromatic rings. The molecule has 1 N–H and O–H groups in total. The molecule has 3 heteroatoms. The molecule has 0 atom stereocenters. The summed E-state index contributed by atoms with van der Waals surface area (Å²) in [6.45, 7) is 9.67. The van der Waals surface area contributed by atoms with Gasteiger partial charge in [-0.25, -0.2) is 4.98 Å². The molecular formula is C10H18N2S. The van der Waals surface area contributed by atoms with Gasteiger partial charge in [-0.1, -0.05) is 20.8 Å². The minimum absolute atomic E-state index is 0.230. The Hall–Kier alpha value is -0.410. The maximum Gasteiger partial charge on any atom is 0.107 e. The Morgan fingerprint density at radius 3 is 2.38 bits per heavy atom. The molecule has 0 amide bonds. The number of rotatable bonds is 2. The normalized spacial score (nSPS) is 12.1. The number of aromatic nitrogens is 1. The summed E-state index contributed by atoms with van der Waals surface area (Å²) >= 11 is 1.82. The highest BCUT2D eigenvalue weighted by molar-refractivity contribution is 7.11. The molecule has 1 heterocycles. The van der Waals surface area contributed by atoms with Gasteiger partial charge in [-0.3, -0.25) is 0 Å². The summed E-state index contributed by atoms with van der Waals surface area (Å²) in [6, 6.07) is 0. The van der Waals surface area contributed by atoms with Gasteiger partial charge in [0.05, 0.1) is 5.69 Å². The minimum atomic E-state index is 0.230. The number of hydrogen-bond acceptors (Lipinski definition) is 3. The van der Waals surface area contributed by atoms with Gasteiger partial charge >= 0.3 is 0 Å². The van der Waals surface area contributed by atoms with Crippen molar-refractivity contribution in [2.45, 2.75) is 39.7 Å². The molecule has 0 aliphatic carbocycles. The van der Waals surface area contributed by atoms with Gasteiger partial charge in [-0.15, -0.1) is 11.3 Å². The molecule has 1 rings (SSSR count). The molecule has 0 unspecified atom stereocenters. The molecule has 0 spiro atoms. The second-order valence-electron chi connectivity index (χ2n) is 4.30. The third-order valence-electron chi connectivity index (χ3n) is 1.85. The first-order valence-corrected chi connectivity index (χ1v) is 5.38. The molecule has 0 fully saturated rings. The summed E-state index contributed by atoms with van der Waals surface area (Å²) in [4.78, 5) is 5.92. The van der Waals surface area contributed by atoms with Crippen molar-refractivity contribution in [3.8, 4) is 0 Å². The van der Waals surface area contributed by atoms with Crippen LogP contribution in [0, 0.1) is 6.92 Å². The van der Waals surface area contributed by atoms with E-state index in [0.29, 0.717) is 0 Å². The smallest absolute Gasteiger partial charge is 0.107 e. The van der Waals surface area contributed by atoms with E-state index in [1.165, 1.54) is 15.6 Å². The van der Waals surface area contributed by atoms with Crippen molar-refractivity contribution in [1.82, 2.24) is 10.3 Å². The molecule has 0 aromatic carbocycles. The number of nitrogens with zero attached hydrogens (tertiary/aromatic N) is 1. The molecule has 0 saturated heterocycles. The lowest BCUT2D eigenvalue weighted by Crippen LogP contribution is -2.10. The van der Waals surface area contributed by atoms with Gasteiger partial charge in [0.25, 0.3) is 0 Å². The summed E-state index contributed by atoms with van der Waals surface area (Å²) < 4.78 is 0. The zero-order valence-corrected chi connectivity index (χ0v) is 9.88. The van der Waals surface area contributed by atoms with E-state index >= 15 is 0 Å². The van der Waals surface area contributed by atoms with E-state index in [2.05, 4.69) is 38.0 Å². The average molecular weight is 198 g/mol. The standard InChI is InChI=1S/C10H18N2S/c1-7-9(10(2,3)4)13-8(12-7)6-11-5/h11H,6H2,1-5H3. The Labute approximate surface area is 84.4 Å². The molecular weight excluding hydrogens is 180 g/mol. The Morgan fingerprint density at radius 1 is 1.38 bits per heavy atom. The number of aryl methyl sites for hydroxylation is 1. The number of nitrogens with one attached hydrogen (secondary N) is 1. The van der Waals surface area contributed by atoms with E-state index in [4.69, 9.17) is 0 Å². The summed E-state index contributed by atoms with van der Waals surface area (Å²) in [6.07, 6.45) is 0. The lowest BCUT2D eigenvalue weighted by Gasteiger charge is -2.16. The van der Waals surface area contributed by atoms with Crippen LogP contribution in [0.15, 0.2) is 0 Å². The predicted molar refractivity (Wildman–Crippen MR) is 58.3 cm³/mol. The van der Waals surface area contributed by atoms with E-state index in [1.54, 1.807) is 0 Å². The highest BCUT2D eigenvalue weighted by atomic mass is 32.1. The third-order valence-corrected chi connectivity index (χ3v) is 3.43. The minimum Gasteiger partial charge on any atom is -0.314 e. The van der Waals surface area contributed by atoms with Crippen LogP contribution < -0.4 is 5.32 Å². The van der Waals surface area contributed by atoms with Gasteiger partial charge in [0.1, 0.15) is 5.01 Å². The van der Waals surface area contributed by atoms with Crippen molar-refractivity contribution in [3.05, 3.63) is 15.6 Å². The number of thiazole rings is 1. The van der Waals surface area contributed by atoms with Crippen LogP contribution in [-0.4, -0.2) is 12.0 Å². The maximum absolute atomic E-state index is 4.52. The third kappa shape index (κ3) is 2.51. The van der Waals surface area contributed by atoms with Crippen molar-refractivity contribution in [1.29, 1.82) is 0 Å². The Balaban J connectivity index is 2.96. The van der Waals surface area contributed by atoms with E-state index in [1.807, 2.05) is 18.4 Å². The van der Waals surface area contributed by atoms with Crippen molar-refractivity contribution < 1.29 is 0 Å². The van der Waals surface area contributed by atoms with Crippen LogP contribution in [0.4, 0.5) is 0 Å². The quantitative estimate of drug-likeness (QED) is 0.789. The molecule has 0 radical (unpaired) electrons. The van der Waals surface area contributed by atoms with Crippen LogP contribution in [0.5, 0.6) is 0 Å². The van der Waals surface area contributed by atoms with Crippen LogP contribution in [0.1, 0.15) is 36.3 Å². The van der Waals surface area contributed by atoms with Crippen LogP contribution in [0.2, 0.25) is 0 Å². The first-order chi connectivity index (χ1) is 5.95. The molecule has 13 heavy (non-hydrogen) atoms. The van der Waals surface area contributed by atoms with Crippen LogP contribution in [0.3, 0.4) is 0 Å². The van der Waals surface area contributed by atoms with Gasteiger partial charge < -0.3 is 5.32 Å². The average Bonchev–Trinajstić information content (AvgIpc) is 2.30. The van der Waals surface area contributed by atoms with Crippen molar-refractivity contribution in [2.24, 2.45) is 0 Å². The lowest BCUT2D eigenvalue weighted by molar-refractivity contribution is 0.598. The topological polar surface area (TPSA) is 24.9 Å². The fourth-order valence-electron chi connectivity index (χ4n) is 1.37. The first-order valence-electron chi connectivity index (χ1n) is 4.56. The summed E-state index contributed by atoms with van der Waals surface area (Å²) in [5.41, 5.74) is 1.41. The molecule has 2 nitrogen and oxygen atoms in total. The van der Waals surface area contributed by atoms with Crippen LogP contribution >= 0.6 is 11.3 Å². The zero-order valence-electron chi connectivity index (χ0n) is 9.06. The van der Waals surface area contributed by atoms with E-state index in [9.17, 15) is 0 Å². The molecule has 0 saturated carbocycles. The first kappa shape index (κ1) is 10.7. The Morgan fingerprint density at radius 2 is 2.00 bits per heavy atom. The van der Waals surface area contributed by atoms with E-state index in [0.717, 1.165) is 6.54 Å². The van der Waals surface area contributed by atoms with Crippen molar-refractivity contribution in [2.75, 3.05) is 7.05 Å². The fourth-order valence-corrected chi connectivity index (χ4v) is 2.51. The Bertz CT molecular complexity index is 284. The SMILES string of the molecule is CNCc1nc(C)c(C(C)(C)C)s1. The largest absolute Gasteiger partial charge is 0.314 e. The van der Waals surface area contributed by atoms with Crippen molar-refractivity contribution in [3.63, 3.8) is 0 Å². The van der Waals surface area contributed by atoms with Crippen molar-refractivity contribution >= 4 is 11.3 Å². The van der Waals surface area contributed by atoms with Gasteiger partial charge in [-0.2, -0.15) is 0 Å². The van der Waals surface area contributed by atoms with Gasteiger partial charge in [-0.05, 0) is 19.4 Å². The fraction of sp³-hybridized carbons (Fsp3) is 0.700. The number of hydrogen-bond donors (Lipinski definition) is 1. The second-order valence-corrected chi connectivity index (χ2v) is 5.39. The monoisotopic (exact) mass is 198 g/mol. The van der Waals surface area contributed by atoms with E-state index in [-0.39, 0.29) is 5.41 Å². The van der Waals surface area contributed by atoms with Gasteiger partial charge in [0.15, 0.2) is 0 Å². The summed E-state index contributed by atoms with van der Waals surface area (Å²) in [5.74, 6) is 0. The summed E-state index contributed by atoms with van der Waals surface area (Å²) in [7, 11) is 1.95. The molecule has 0 aliphatic heterocycles. The Kier molecular flexibility index (Phi) is 3.09. The van der Waals surface area contributed by atoms with E-state index < -0.39 is 0 Å². The zero-order chi connectivity index (χ0) is 10.1. The lowest BCUT2D eigenvalue weighted by atomic mass is 9.94.